The fourth-order valence-electron chi connectivity index (χ4n) is 2.91. The topological polar surface area (TPSA) is 61.4 Å². The maximum atomic E-state index is 12.6. The van der Waals surface area contributed by atoms with Gasteiger partial charge >= 0.3 is 0 Å². The molecule has 1 saturated heterocycles. The van der Waals surface area contributed by atoms with Gasteiger partial charge in [-0.3, -0.25) is 9.59 Å². The van der Waals surface area contributed by atoms with Crippen molar-refractivity contribution >= 4 is 23.2 Å². The molecule has 1 heterocycles. The van der Waals surface area contributed by atoms with Crippen molar-refractivity contribution < 1.29 is 9.59 Å². The van der Waals surface area contributed by atoms with Gasteiger partial charge in [-0.15, -0.1) is 0 Å². The SMILES string of the molecule is CC1CCN(c2ccc(NC(=O)C(C)(C)C(=O)NC(C)(C)C)cc2)CC1. The zero-order valence-electron chi connectivity index (χ0n) is 17.0. The van der Waals surface area contributed by atoms with Crippen LogP contribution in [-0.2, 0) is 9.59 Å². The summed E-state index contributed by atoms with van der Waals surface area (Å²) in [6, 6.07) is 7.88. The Morgan fingerprint density at radius 1 is 0.962 bits per heavy atom. The average molecular weight is 360 g/mol. The number of benzene rings is 1. The van der Waals surface area contributed by atoms with Gasteiger partial charge in [0.25, 0.3) is 0 Å². The van der Waals surface area contributed by atoms with Gasteiger partial charge in [-0.25, -0.2) is 0 Å². The number of carbonyl (C=O) groups is 2. The van der Waals surface area contributed by atoms with Crippen molar-refractivity contribution in [1.29, 1.82) is 0 Å². The third-order valence-corrected chi connectivity index (χ3v) is 4.90. The van der Waals surface area contributed by atoms with Crippen LogP contribution in [0.2, 0.25) is 0 Å². The molecule has 26 heavy (non-hydrogen) atoms. The van der Waals surface area contributed by atoms with E-state index in [1.807, 2.05) is 45.0 Å². The highest BCUT2D eigenvalue weighted by Crippen LogP contribution is 2.25. The second-order valence-electron chi connectivity index (χ2n) is 9.00. The Hall–Kier alpha value is -2.04. The van der Waals surface area contributed by atoms with E-state index < -0.39 is 5.41 Å². The van der Waals surface area contributed by atoms with Gasteiger partial charge in [0.2, 0.25) is 11.8 Å². The predicted molar refractivity (Wildman–Crippen MR) is 107 cm³/mol. The number of nitrogens with one attached hydrogen (secondary N) is 2. The summed E-state index contributed by atoms with van der Waals surface area (Å²) >= 11 is 0. The fourth-order valence-corrected chi connectivity index (χ4v) is 2.91. The molecular formula is C21H33N3O2. The second-order valence-corrected chi connectivity index (χ2v) is 9.00. The Labute approximate surface area is 157 Å². The van der Waals surface area contributed by atoms with Crippen LogP contribution in [0.3, 0.4) is 0 Å². The molecule has 1 aromatic rings. The lowest BCUT2D eigenvalue weighted by Crippen LogP contribution is -2.51. The van der Waals surface area contributed by atoms with E-state index in [2.05, 4.69) is 22.5 Å². The van der Waals surface area contributed by atoms with E-state index in [1.165, 1.54) is 18.5 Å². The van der Waals surface area contributed by atoms with Crippen molar-refractivity contribution in [2.45, 2.75) is 59.9 Å². The number of amides is 2. The molecule has 0 aromatic heterocycles. The van der Waals surface area contributed by atoms with Crippen molar-refractivity contribution in [3.05, 3.63) is 24.3 Å². The number of carbonyl (C=O) groups excluding carboxylic acids is 2. The van der Waals surface area contributed by atoms with E-state index in [9.17, 15) is 9.59 Å². The molecule has 0 spiro atoms. The minimum atomic E-state index is -1.14. The normalized spacial score (nSPS) is 16.3. The highest BCUT2D eigenvalue weighted by atomic mass is 16.2. The maximum Gasteiger partial charge on any atom is 0.239 e. The summed E-state index contributed by atoms with van der Waals surface area (Å²) in [4.78, 5) is 27.4. The van der Waals surface area contributed by atoms with Crippen molar-refractivity contribution in [1.82, 2.24) is 5.32 Å². The summed E-state index contributed by atoms with van der Waals surface area (Å²) in [6.07, 6.45) is 2.44. The van der Waals surface area contributed by atoms with Crippen LogP contribution >= 0.6 is 0 Å². The van der Waals surface area contributed by atoms with Crippen LogP contribution in [0, 0.1) is 11.3 Å². The van der Waals surface area contributed by atoms with Crippen LogP contribution in [0.15, 0.2) is 24.3 Å². The molecule has 0 unspecified atom stereocenters. The first-order valence-corrected chi connectivity index (χ1v) is 9.48. The van der Waals surface area contributed by atoms with E-state index in [1.54, 1.807) is 13.8 Å². The first-order chi connectivity index (χ1) is 12.0. The number of hydrogen-bond acceptors (Lipinski definition) is 3. The Bertz CT molecular complexity index is 636. The van der Waals surface area contributed by atoms with Crippen LogP contribution in [-0.4, -0.2) is 30.4 Å². The molecule has 1 fully saturated rings. The number of rotatable bonds is 4. The van der Waals surface area contributed by atoms with Gasteiger partial charge in [-0.1, -0.05) is 6.92 Å². The van der Waals surface area contributed by atoms with Crippen molar-refractivity contribution in [3.63, 3.8) is 0 Å². The fraction of sp³-hybridized carbons (Fsp3) is 0.619. The van der Waals surface area contributed by atoms with E-state index in [-0.39, 0.29) is 17.4 Å². The van der Waals surface area contributed by atoms with Gasteiger partial charge < -0.3 is 15.5 Å². The molecule has 0 radical (unpaired) electrons. The largest absolute Gasteiger partial charge is 0.372 e. The van der Waals surface area contributed by atoms with Crippen molar-refractivity contribution in [2.24, 2.45) is 11.3 Å². The average Bonchev–Trinajstić information content (AvgIpc) is 2.54. The monoisotopic (exact) mass is 359 g/mol. The highest BCUT2D eigenvalue weighted by Gasteiger charge is 2.37. The molecule has 2 rings (SSSR count). The van der Waals surface area contributed by atoms with Crippen LogP contribution in [0.1, 0.15) is 54.4 Å². The molecular weight excluding hydrogens is 326 g/mol. The summed E-state index contributed by atoms with van der Waals surface area (Å²) in [5.41, 5.74) is 0.373. The number of piperidine rings is 1. The lowest BCUT2D eigenvalue weighted by Gasteiger charge is -2.32. The molecule has 0 aliphatic carbocycles. The number of anilines is 2. The zero-order chi connectivity index (χ0) is 19.5. The Balaban J connectivity index is 1.99. The number of nitrogens with zero attached hydrogens (tertiary/aromatic N) is 1. The molecule has 0 atom stereocenters. The lowest BCUT2D eigenvalue weighted by molar-refractivity contribution is -0.139. The summed E-state index contributed by atoms with van der Waals surface area (Å²) < 4.78 is 0. The maximum absolute atomic E-state index is 12.6. The first-order valence-electron chi connectivity index (χ1n) is 9.48. The van der Waals surface area contributed by atoms with Crippen LogP contribution in [0.4, 0.5) is 11.4 Å². The molecule has 2 N–H and O–H groups in total. The summed E-state index contributed by atoms with van der Waals surface area (Å²) in [7, 11) is 0. The third kappa shape index (κ3) is 5.23. The molecule has 2 amide bonds. The third-order valence-electron chi connectivity index (χ3n) is 4.90. The lowest BCUT2D eigenvalue weighted by atomic mass is 9.89. The van der Waals surface area contributed by atoms with Gasteiger partial charge in [0.1, 0.15) is 5.41 Å². The molecule has 5 heteroatoms. The molecule has 1 aromatic carbocycles. The van der Waals surface area contributed by atoms with E-state index in [0.29, 0.717) is 5.69 Å². The minimum absolute atomic E-state index is 0.276. The van der Waals surface area contributed by atoms with Gasteiger partial charge in [0, 0.05) is 30.0 Å². The molecule has 1 aliphatic rings. The summed E-state index contributed by atoms with van der Waals surface area (Å²) in [5, 5.41) is 5.74. The van der Waals surface area contributed by atoms with Gasteiger partial charge in [-0.05, 0) is 77.6 Å². The molecule has 1 aliphatic heterocycles. The van der Waals surface area contributed by atoms with Gasteiger partial charge in [0.05, 0.1) is 0 Å². The van der Waals surface area contributed by atoms with E-state index >= 15 is 0 Å². The van der Waals surface area contributed by atoms with Gasteiger partial charge in [-0.2, -0.15) is 0 Å². The molecule has 0 bridgehead atoms. The zero-order valence-corrected chi connectivity index (χ0v) is 17.0. The standard InChI is InChI=1S/C21H33N3O2/c1-15-11-13-24(14-12-15)17-9-7-16(8-10-17)22-18(25)21(5,6)19(26)23-20(2,3)4/h7-10,15H,11-14H2,1-6H3,(H,22,25)(H,23,26). The van der Waals surface area contributed by atoms with E-state index in [4.69, 9.17) is 0 Å². The van der Waals surface area contributed by atoms with Crippen molar-refractivity contribution in [2.75, 3.05) is 23.3 Å². The molecule has 144 valence electrons. The van der Waals surface area contributed by atoms with Crippen LogP contribution in [0.5, 0.6) is 0 Å². The Kier molecular flexibility index (Phi) is 5.99. The molecule has 5 nitrogen and oxygen atoms in total. The predicted octanol–water partition coefficient (Wildman–Crippen LogP) is 3.80. The van der Waals surface area contributed by atoms with Crippen LogP contribution in [0.25, 0.3) is 0 Å². The van der Waals surface area contributed by atoms with Gasteiger partial charge in [0.15, 0.2) is 0 Å². The summed E-state index contributed by atoms with van der Waals surface area (Å²) in [5.74, 6) is 0.214. The Morgan fingerprint density at radius 2 is 1.50 bits per heavy atom. The summed E-state index contributed by atoms with van der Waals surface area (Å²) in [6.45, 7) is 13.4. The smallest absolute Gasteiger partial charge is 0.239 e. The van der Waals surface area contributed by atoms with Crippen molar-refractivity contribution in [3.8, 4) is 0 Å². The Morgan fingerprint density at radius 3 is 2.00 bits per heavy atom. The minimum Gasteiger partial charge on any atom is -0.372 e. The molecule has 0 saturated carbocycles. The van der Waals surface area contributed by atoms with E-state index in [0.717, 1.165) is 19.0 Å². The highest BCUT2D eigenvalue weighted by molar-refractivity contribution is 6.10. The number of hydrogen-bond donors (Lipinski definition) is 2. The quantitative estimate of drug-likeness (QED) is 0.804. The first kappa shape index (κ1) is 20.3. The van der Waals surface area contributed by atoms with Crippen LogP contribution < -0.4 is 15.5 Å². The second kappa shape index (κ2) is 7.68.